The lowest BCUT2D eigenvalue weighted by Gasteiger charge is -2.34. The van der Waals surface area contributed by atoms with Gasteiger partial charge in [-0.2, -0.15) is 13.2 Å². The van der Waals surface area contributed by atoms with Gasteiger partial charge in [-0.3, -0.25) is 14.4 Å². The van der Waals surface area contributed by atoms with Gasteiger partial charge in [-0.1, -0.05) is 18.2 Å². The summed E-state index contributed by atoms with van der Waals surface area (Å²) in [6, 6.07) is 11.2. The van der Waals surface area contributed by atoms with Crippen LogP contribution in [0.1, 0.15) is 18.4 Å². The zero-order chi connectivity index (χ0) is 22.9. The second-order valence-electron chi connectivity index (χ2n) is 7.55. The molecule has 6 nitrogen and oxygen atoms in total. The summed E-state index contributed by atoms with van der Waals surface area (Å²) in [5.41, 5.74) is -0.420. The second kappa shape index (κ2) is 8.85. The first-order valence-corrected chi connectivity index (χ1v) is 10.9. The van der Waals surface area contributed by atoms with Gasteiger partial charge in [0.15, 0.2) is 5.25 Å². The van der Waals surface area contributed by atoms with Crippen LogP contribution in [0.5, 0.6) is 0 Å². The Morgan fingerprint density at radius 3 is 2.50 bits per heavy atom. The Bertz CT molecular complexity index is 1050. The largest absolute Gasteiger partial charge is 0.416 e. The summed E-state index contributed by atoms with van der Waals surface area (Å²) in [4.78, 5) is 42.3. The van der Waals surface area contributed by atoms with E-state index in [1.807, 2.05) is 0 Å². The predicted molar refractivity (Wildman–Crippen MR) is 114 cm³/mol. The third-order valence-electron chi connectivity index (χ3n) is 5.31. The number of likely N-dealkylation sites (tertiary alicyclic amines) is 1. The van der Waals surface area contributed by atoms with Gasteiger partial charge in [0.25, 0.3) is 5.91 Å². The first-order chi connectivity index (χ1) is 15.2. The number of fused-ring (bicyclic) bond motifs is 1. The van der Waals surface area contributed by atoms with Crippen LogP contribution in [0, 0.1) is 0 Å². The molecule has 2 aliphatic rings. The molecule has 0 bridgehead atoms. The number of para-hydroxylation sites is 1. The van der Waals surface area contributed by atoms with Crippen LogP contribution in [-0.2, 0) is 20.6 Å². The van der Waals surface area contributed by atoms with Crippen LogP contribution < -0.4 is 10.2 Å². The van der Waals surface area contributed by atoms with E-state index < -0.39 is 35.3 Å². The predicted octanol–water partition coefficient (Wildman–Crippen LogP) is 3.77. The van der Waals surface area contributed by atoms with Gasteiger partial charge in [-0.25, -0.2) is 0 Å². The minimum Gasteiger partial charge on any atom is -0.341 e. The maximum atomic E-state index is 13.2. The standard InChI is InChI=1S/C22H20F3N3O3S/c23-22(24,25)14-6-5-7-15(12-14)26-18(29)13-28-16-8-1-2-9-17(16)32-19(21(28)31)20(30)27-10-3-4-11-27/h1-2,5-9,12,19H,3-4,10-11,13H2,(H,26,29)/t19-/m0/s1. The fraction of sp³-hybridized carbons (Fsp3) is 0.318. The normalized spacial score (nSPS) is 18.5. The molecular formula is C22H20F3N3O3S. The molecule has 0 aromatic heterocycles. The first kappa shape index (κ1) is 22.2. The zero-order valence-electron chi connectivity index (χ0n) is 16.9. The van der Waals surface area contributed by atoms with E-state index >= 15 is 0 Å². The minimum atomic E-state index is -4.54. The van der Waals surface area contributed by atoms with Crippen molar-refractivity contribution >= 4 is 40.9 Å². The molecule has 10 heteroatoms. The van der Waals surface area contributed by atoms with Crippen LogP contribution >= 0.6 is 11.8 Å². The van der Waals surface area contributed by atoms with Crippen LogP contribution in [0.15, 0.2) is 53.4 Å². The second-order valence-corrected chi connectivity index (χ2v) is 8.70. The van der Waals surface area contributed by atoms with Crippen LogP contribution in [0.4, 0.5) is 24.5 Å². The Morgan fingerprint density at radius 1 is 1.06 bits per heavy atom. The summed E-state index contributed by atoms with van der Waals surface area (Å²) < 4.78 is 38.8. The highest BCUT2D eigenvalue weighted by atomic mass is 32.2. The summed E-state index contributed by atoms with van der Waals surface area (Å²) in [5.74, 6) is -1.45. The fourth-order valence-electron chi connectivity index (χ4n) is 3.76. The quantitative estimate of drug-likeness (QED) is 0.701. The zero-order valence-corrected chi connectivity index (χ0v) is 17.7. The maximum absolute atomic E-state index is 13.2. The summed E-state index contributed by atoms with van der Waals surface area (Å²) in [6.45, 7) is 0.776. The molecule has 1 atom stereocenters. The lowest BCUT2D eigenvalue weighted by Crippen LogP contribution is -2.51. The summed E-state index contributed by atoms with van der Waals surface area (Å²) >= 11 is 1.16. The Kier molecular flexibility index (Phi) is 6.14. The molecule has 3 amide bonds. The van der Waals surface area contributed by atoms with Crippen molar-refractivity contribution in [2.24, 2.45) is 0 Å². The number of benzene rings is 2. The molecule has 0 aliphatic carbocycles. The highest BCUT2D eigenvalue weighted by Gasteiger charge is 2.41. The first-order valence-electron chi connectivity index (χ1n) is 10.1. The molecule has 2 aromatic rings. The molecule has 2 aromatic carbocycles. The molecule has 1 fully saturated rings. The van der Waals surface area contributed by atoms with Crippen molar-refractivity contribution in [2.45, 2.75) is 29.2 Å². The number of rotatable bonds is 4. The highest BCUT2D eigenvalue weighted by Crippen LogP contribution is 2.40. The SMILES string of the molecule is O=C(CN1C(=O)[C@H](C(=O)N2CCCC2)Sc2ccccc21)Nc1cccc(C(F)(F)F)c1. The van der Waals surface area contributed by atoms with Crippen molar-refractivity contribution in [3.63, 3.8) is 0 Å². The van der Waals surface area contributed by atoms with Crippen molar-refractivity contribution in [3.05, 3.63) is 54.1 Å². The van der Waals surface area contributed by atoms with Crippen LogP contribution in [0.2, 0.25) is 0 Å². The van der Waals surface area contributed by atoms with Gasteiger partial charge in [-0.15, -0.1) is 11.8 Å². The Hall–Kier alpha value is -3.01. The van der Waals surface area contributed by atoms with Crippen molar-refractivity contribution in [3.8, 4) is 0 Å². The number of hydrogen-bond acceptors (Lipinski definition) is 4. The number of carbonyl (C=O) groups excluding carboxylic acids is 3. The number of thioether (sulfide) groups is 1. The van der Waals surface area contributed by atoms with E-state index in [2.05, 4.69) is 5.32 Å². The number of amides is 3. The number of anilines is 2. The molecule has 0 radical (unpaired) electrons. The smallest absolute Gasteiger partial charge is 0.341 e. The summed E-state index contributed by atoms with van der Waals surface area (Å²) in [7, 11) is 0. The summed E-state index contributed by atoms with van der Waals surface area (Å²) in [6.07, 6.45) is -2.77. The average molecular weight is 463 g/mol. The number of alkyl halides is 3. The Morgan fingerprint density at radius 2 is 1.78 bits per heavy atom. The van der Waals surface area contributed by atoms with Gasteiger partial charge < -0.3 is 15.1 Å². The van der Waals surface area contributed by atoms with Gasteiger partial charge in [-0.05, 0) is 43.2 Å². The summed E-state index contributed by atoms with van der Waals surface area (Å²) in [5, 5.41) is 1.42. The van der Waals surface area contributed by atoms with E-state index in [9.17, 15) is 27.6 Å². The monoisotopic (exact) mass is 463 g/mol. The fourth-order valence-corrected chi connectivity index (χ4v) is 4.95. The van der Waals surface area contributed by atoms with Crippen molar-refractivity contribution in [2.75, 3.05) is 29.9 Å². The highest BCUT2D eigenvalue weighted by molar-refractivity contribution is 8.01. The number of nitrogens with zero attached hydrogens (tertiary/aromatic N) is 2. The molecule has 0 unspecified atom stereocenters. The molecule has 4 rings (SSSR count). The van der Waals surface area contributed by atoms with Gasteiger partial charge in [0.05, 0.1) is 11.3 Å². The molecule has 168 valence electrons. The molecule has 1 saturated heterocycles. The average Bonchev–Trinajstić information content (AvgIpc) is 3.29. The van der Waals surface area contributed by atoms with Crippen LogP contribution in [0.3, 0.4) is 0 Å². The lowest BCUT2D eigenvalue weighted by atomic mass is 10.2. The third-order valence-corrected chi connectivity index (χ3v) is 6.55. The van der Waals surface area contributed by atoms with E-state index in [1.165, 1.54) is 17.0 Å². The number of hydrogen-bond donors (Lipinski definition) is 1. The van der Waals surface area contributed by atoms with Gasteiger partial charge in [0.1, 0.15) is 6.54 Å². The molecule has 0 saturated carbocycles. The van der Waals surface area contributed by atoms with E-state index in [0.29, 0.717) is 23.7 Å². The van der Waals surface area contributed by atoms with Crippen molar-refractivity contribution in [1.29, 1.82) is 0 Å². The topological polar surface area (TPSA) is 69.7 Å². The maximum Gasteiger partial charge on any atom is 0.416 e. The van der Waals surface area contributed by atoms with E-state index in [0.717, 1.165) is 36.7 Å². The van der Waals surface area contributed by atoms with E-state index in [1.54, 1.807) is 29.2 Å². The molecule has 0 spiro atoms. The number of nitrogens with one attached hydrogen (secondary N) is 1. The number of halogens is 3. The van der Waals surface area contributed by atoms with E-state index in [4.69, 9.17) is 0 Å². The molecule has 2 aliphatic heterocycles. The third kappa shape index (κ3) is 4.59. The Labute approximate surface area is 186 Å². The van der Waals surface area contributed by atoms with Gasteiger partial charge >= 0.3 is 6.18 Å². The van der Waals surface area contributed by atoms with Crippen molar-refractivity contribution < 1.29 is 27.6 Å². The molecule has 1 N–H and O–H groups in total. The molecule has 32 heavy (non-hydrogen) atoms. The van der Waals surface area contributed by atoms with Gasteiger partial charge in [0, 0.05) is 23.7 Å². The van der Waals surface area contributed by atoms with Crippen LogP contribution in [0.25, 0.3) is 0 Å². The Balaban J connectivity index is 1.54. The van der Waals surface area contributed by atoms with Crippen molar-refractivity contribution in [1.82, 2.24) is 4.90 Å². The number of carbonyl (C=O) groups is 3. The molecular weight excluding hydrogens is 443 g/mol. The lowest BCUT2D eigenvalue weighted by molar-refractivity contribution is -0.137. The molecule has 2 heterocycles. The van der Waals surface area contributed by atoms with E-state index in [-0.39, 0.29) is 11.6 Å². The minimum absolute atomic E-state index is 0.0263. The van der Waals surface area contributed by atoms with Crippen LogP contribution in [-0.4, -0.2) is 47.5 Å². The van der Waals surface area contributed by atoms with Gasteiger partial charge in [0.2, 0.25) is 11.8 Å².